The molecule has 7 heteroatoms. The second kappa shape index (κ2) is 6.19. The number of nitrogens with zero attached hydrogens (tertiary/aromatic N) is 2. The molecule has 106 valence electrons. The molecule has 0 unspecified atom stereocenters. The van der Waals surface area contributed by atoms with Gasteiger partial charge in [0.15, 0.2) is 0 Å². The molecule has 1 aromatic carbocycles. The topological polar surface area (TPSA) is 68.0 Å². The second-order valence-corrected chi connectivity index (χ2v) is 6.08. The van der Waals surface area contributed by atoms with Crippen molar-refractivity contribution < 1.29 is 9.21 Å². The fourth-order valence-corrected chi connectivity index (χ4v) is 2.91. The number of hydrogen-bond acceptors (Lipinski definition) is 5. The van der Waals surface area contributed by atoms with Crippen LogP contribution in [0.4, 0.5) is 6.01 Å². The molecule has 0 saturated carbocycles. The summed E-state index contributed by atoms with van der Waals surface area (Å²) in [6.45, 7) is 0. The number of hydrogen-bond donors (Lipinski definition) is 1. The maximum Gasteiger partial charge on any atom is 0.322 e. The van der Waals surface area contributed by atoms with Crippen LogP contribution >= 0.6 is 27.3 Å². The Balaban J connectivity index is 1.70. The first kappa shape index (κ1) is 14.0. The van der Waals surface area contributed by atoms with Crippen LogP contribution in [0.1, 0.15) is 21.1 Å². The molecule has 0 bridgehead atoms. The summed E-state index contributed by atoms with van der Waals surface area (Å²) in [5, 5.41) is 12.3. The molecular formula is C14H10BrN3O2S. The number of benzene rings is 1. The van der Waals surface area contributed by atoms with Gasteiger partial charge in [0.05, 0.1) is 12.0 Å². The van der Waals surface area contributed by atoms with E-state index < -0.39 is 0 Å². The van der Waals surface area contributed by atoms with Crippen molar-refractivity contribution in [1.29, 1.82) is 0 Å². The molecule has 0 radical (unpaired) electrons. The first-order valence-corrected chi connectivity index (χ1v) is 7.80. The summed E-state index contributed by atoms with van der Waals surface area (Å²) in [7, 11) is 0. The molecule has 0 aliphatic heterocycles. The molecule has 21 heavy (non-hydrogen) atoms. The van der Waals surface area contributed by atoms with E-state index in [4.69, 9.17) is 4.42 Å². The van der Waals surface area contributed by atoms with Crippen LogP contribution in [-0.2, 0) is 6.42 Å². The van der Waals surface area contributed by atoms with Crippen LogP contribution in [0.15, 0.2) is 50.7 Å². The number of amides is 1. The molecule has 0 aliphatic carbocycles. The van der Waals surface area contributed by atoms with Crippen LogP contribution in [0.5, 0.6) is 0 Å². The first-order chi connectivity index (χ1) is 10.2. The Morgan fingerprint density at radius 2 is 2.10 bits per heavy atom. The van der Waals surface area contributed by atoms with Gasteiger partial charge in [-0.1, -0.05) is 23.3 Å². The van der Waals surface area contributed by atoms with Gasteiger partial charge in [-0.25, -0.2) is 0 Å². The van der Waals surface area contributed by atoms with Crippen molar-refractivity contribution in [2.45, 2.75) is 6.42 Å². The third-order valence-electron chi connectivity index (χ3n) is 2.71. The summed E-state index contributed by atoms with van der Waals surface area (Å²) >= 11 is 4.95. The quantitative estimate of drug-likeness (QED) is 0.766. The highest BCUT2D eigenvalue weighted by molar-refractivity contribution is 9.10. The highest BCUT2D eigenvalue weighted by Crippen LogP contribution is 2.18. The van der Waals surface area contributed by atoms with Crippen LogP contribution < -0.4 is 5.32 Å². The van der Waals surface area contributed by atoms with Gasteiger partial charge in [0.25, 0.3) is 5.91 Å². The van der Waals surface area contributed by atoms with Crippen molar-refractivity contribution >= 4 is 39.2 Å². The average Bonchev–Trinajstić information content (AvgIpc) is 3.12. The van der Waals surface area contributed by atoms with Gasteiger partial charge < -0.3 is 4.42 Å². The van der Waals surface area contributed by atoms with E-state index in [1.165, 1.54) is 0 Å². The molecule has 1 N–H and O–H groups in total. The van der Waals surface area contributed by atoms with E-state index in [-0.39, 0.29) is 11.9 Å². The zero-order valence-electron chi connectivity index (χ0n) is 10.7. The zero-order valence-corrected chi connectivity index (χ0v) is 13.1. The standard InChI is InChI=1S/C14H10BrN3O2S/c15-11-6-2-1-5-10(11)13(19)16-14-18-17-12(20-14)8-9-4-3-7-21-9/h1-7H,8H2,(H,16,18,19). The Morgan fingerprint density at radius 3 is 2.86 bits per heavy atom. The molecule has 5 nitrogen and oxygen atoms in total. The fraction of sp³-hybridized carbons (Fsp3) is 0.0714. The maximum atomic E-state index is 12.1. The average molecular weight is 364 g/mol. The Morgan fingerprint density at radius 1 is 1.24 bits per heavy atom. The molecule has 0 fully saturated rings. The van der Waals surface area contributed by atoms with Crippen molar-refractivity contribution in [1.82, 2.24) is 10.2 Å². The Hall–Kier alpha value is -1.99. The van der Waals surface area contributed by atoms with Crippen molar-refractivity contribution in [2.75, 3.05) is 5.32 Å². The lowest BCUT2D eigenvalue weighted by Crippen LogP contribution is -2.12. The van der Waals surface area contributed by atoms with Crippen LogP contribution in [0.25, 0.3) is 0 Å². The monoisotopic (exact) mass is 363 g/mol. The van der Waals surface area contributed by atoms with Crippen LogP contribution in [0.3, 0.4) is 0 Å². The minimum absolute atomic E-state index is 0.0994. The molecule has 2 aromatic heterocycles. The van der Waals surface area contributed by atoms with Crippen LogP contribution in [-0.4, -0.2) is 16.1 Å². The third kappa shape index (κ3) is 3.37. The second-order valence-electron chi connectivity index (χ2n) is 4.19. The number of carbonyl (C=O) groups is 1. The first-order valence-electron chi connectivity index (χ1n) is 6.13. The van der Waals surface area contributed by atoms with Crippen LogP contribution in [0.2, 0.25) is 0 Å². The highest BCUT2D eigenvalue weighted by atomic mass is 79.9. The van der Waals surface area contributed by atoms with E-state index in [2.05, 4.69) is 31.4 Å². The van der Waals surface area contributed by atoms with Gasteiger partial charge in [0, 0.05) is 9.35 Å². The van der Waals surface area contributed by atoms with E-state index in [1.807, 2.05) is 23.6 Å². The number of halogens is 1. The van der Waals surface area contributed by atoms with Crippen molar-refractivity contribution in [3.63, 3.8) is 0 Å². The van der Waals surface area contributed by atoms with Gasteiger partial charge in [0.2, 0.25) is 5.89 Å². The Bertz CT molecular complexity index is 755. The largest absolute Gasteiger partial charge is 0.407 e. The maximum absolute atomic E-state index is 12.1. The number of nitrogens with one attached hydrogen (secondary N) is 1. The van der Waals surface area contributed by atoms with E-state index >= 15 is 0 Å². The molecule has 0 spiro atoms. The Labute approximate surface area is 133 Å². The molecule has 0 saturated heterocycles. The SMILES string of the molecule is O=C(Nc1nnc(Cc2cccs2)o1)c1ccccc1Br. The van der Waals surface area contributed by atoms with Gasteiger partial charge in [0.1, 0.15) is 0 Å². The summed E-state index contributed by atoms with van der Waals surface area (Å²) in [5.41, 5.74) is 0.510. The molecular weight excluding hydrogens is 354 g/mol. The number of thiophene rings is 1. The number of carbonyl (C=O) groups excluding carboxylic acids is 1. The van der Waals surface area contributed by atoms with Crippen molar-refractivity contribution in [2.24, 2.45) is 0 Å². The van der Waals surface area contributed by atoms with Gasteiger partial charge in [-0.15, -0.1) is 16.4 Å². The smallest absolute Gasteiger partial charge is 0.322 e. The normalized spacial score (nSPS) is 10.5. The minimum Gasteiger partial charge on any atom is -0.407 e. The summed E-state index contributed by atoms with van der Waals surface area (Å²) in [6.07, 6.45) is 0.565. The summed E-state index contributed by atoms with van der Waals surface area (Å²) < 4.78 is 6.14. The van der Waals surface area contributed by atoms with Crippen molar-refractivity contribution in [3.8, 4) is 0 Å². The molecule has 0 aliphatic rings. The van der Waals surface area contributed by atoms with E-state index in [0.717, 1.165) is 4.88 Å². The molecule has 3 rings (SSSR count). The lowest BCUT2D eigenvalue weighted by Gasteiger charge is -2.02. The van der Waals surface area contributed by atoms with E-state index in [9.17, 15) is 4.79 Å². The minimum atomic E-state index is -0.297. The number of rotatable bonds is 4. The molecule has 2 heterocycles. The van der Waals surface area contributed by atoms with Crippen molar-refractivity contribution in [3.05, 3.63) is 62.6 Å². The summed E-state index contributed by atoms with van der Waals surface area (Å²) in [6, 6.07) is 11.2. The van der Waals surface area contributed by atoms with Gasteiger partial charge in [-0.3, -0.25) is 10.1 Å². The third-order valence-corrected chi connectivity index (χ3v) is 4.28. The molecule has 3 aromatic rings. The lowest BCUT2D eigenvalue weighted by atomic mass is 10.2. The van der Waals surface area contributed by atoms with Gasteiger partial charge in [-0.2, -0.15) is 0 Å². The molecule has 0 atom stereocenters. The summed E-state index contributed by atoms with van der Waals surface area (Å²) in [4.78, 5) is 13.2. The highest BCUT2D eigenvalue weighted by Gasteiger charge is 2.14. The van der Waals surface area contributed by atoms with E-state index in [1.54, 1.807) is 29.5 Å². The molecule has 1 amide bonds. The fourth-order valence-electron chi connectivity index (χ4n) is 1.75. The van der Waals surface area contributed by atoms with Crippen LogP contribution in [0, 0.1) is 0 Å². The van der Waals surface area contributed by atoms with Gasteiger partial charge >= 0.3 is 6.01 Å². The number of aromatic nitrogens is 2. The number of anilines is 1. The predicted molar refractivity (Wildman–Crippen MR) is 83.5 cm³/mol. The van der Waals surface area contributed by atoms with Gasteiger partial charge in [-0.05, 0) is 39.5 Å². The summed E-state index contributed by atoms with van der Waals surface area (Å²) in [5.74, 6) is 0.175. The zero-order chi connectivity index (χ0) is 14.7. The predicted octanol–water partition coefficient (Wildman–Crippen LogP) is 3.74. The Kier molecular flexibility index (Phi) is 4.12. The lowest BCUT2D eigenvalue weighted by molar-refractivity contribution is 0.102. The van der Waals surface area contributed by atoms with E-state index in [0.29, 0.717) is 22.3 Å².